The second-order valence-electron chi connectivity index (χ2n) is 6.22. The van der Waals surface area contributed by atoms with Crippen molar-refractivity contribution < 1.29 is 14.3 Å². The molecule has 2 N–H and O–H groups in total. The number of pyridine rings is 1. The van der Waals surface area contributed by atoms with E-state index >= 15 is 0 Å². The van der Waals surface area contributed by atoms with Gasteiger partial charge in [0.1, 0.15) is 19.5 Å². The average Bonchev–Trinajstić information content (AvgIpc) is 3.25. The molecular weight excluding hydrogens is 358 g/mol. The monoisotopic (exact) mass is 373 g/mol. The van der Waals surface area contributed by atoms with E-state index < -0.39 is 0 Å². The third-order valence-corrected chi connectivity index (χ3v) is 4.45. The van der Waals surface area contributed by atoms with E-state index in [2.05, 4.69) is 20.5 Å². The maximum atomic E-state index is 12.9. The molecule has 1 aliphatic rings. The Labute approximate surface area is 159 Å². The highest BCUT2D eigenvalue weighted by Gasteiger charge is 2.17. The Morgan fingerprint density at radius 1 is 1.04 bits per heavy atom. The number of nitrogens with one attached hydrogen (secondary N) is 2. The van der Waals surface area contributed by atoms with E-state index in [1.165, 1.54) is 6.33 Å². The molecule has 2 aromatic carbocycles. The van der Waals surface area contributed by atoms with Crippen molar-refractivity contribution in [3.8, 4) is 22.8 Å². The summed E-state index contributed by atoms with van der Waals surface area (Å²) in [5.41, 5.74) is 2.71. The minimum absolute atomic E-state index is 0.284. The molecule has 0 aliphatic carbocycles. The smallest absolute Gasteiger partial charge is 0.258 e. The lowest BCUT2D eigenvalue weighted by Gasteiger charge is -2.19. The lowest BCUT2D eigenvalue weighted by molar-refractivity contribution is 0.102. The summed E-state index contributed by atoms with van der Waals surface area (Å²) in [5, 5.41) is 9.84. The SMILES string of the molecule is O=C(Nc1ncn[nH]1)c1cc(-c2ccc3c(c2)OCCO3)nc2ccccc12. The summed E-state index contributed by atoms with van der Waals surface area (Å²) in [5.74, 6) is 1.37. The molecule has 28 heavy (non-hydrogen) atoms. The van der Waals surface area contributed by atoms with Crippen molar-refractivity contribution in [2.24, 2.45) is 0 Å². The highest BCUT2D eigenvalue weighted by Crippen LogP contribution is 2.35. The number of benzene rings is 2. The fourth-order valence-corrected chi connectivity index (χ4v) is 3.15. The van der Waals surface area contributed by atoms with Crippen LogP contribution in [0.4, 0.5) is 5.95 Å². The minimum atomic E-state index is -0.297. The maximum absolute atomic E-state index is 12.9. The standard InChI is InChI=1S/C20H15N5O3/c26-19(24-20-21-11-22-25-20)14-10-16(23-15-4-2-1-3-13(14)15)12-5-6-17-18(9-12)28-8-7-27-17/h1-6,9-11H,7-8H2,(H2,21,22,24,25,26). The number of hydrogen-bond donors (Lipinski definition) is 2. The van der Waals surface area contributed by atoms with Gasteiger partial charge in [0.05, 0.1) is 16.8 Å². The lowest BCUT2D eigenvalue weighted by atomic mass is 10.0. The summed E-state index contributed by atoms with van der Waals surface area (Å²) in [6, 6.07) is 14.9. The number of fused-ring (bicyclic) bond motifs is 2. The third kappa shape index (κ3) is 2.90. The quantitative estimate of drug-likeness (QED) is 0.572. The zero-order chi connectivity index (χ0) is 18.9. The number of nitrogens with zero attached hydrogens (tertiary/aromatic N) is 3. The van der Waals surface area contributed by atoms with E-state index in [0.29, 0.717) is 36.0 Å². The number of aromatic amines is 1. The van der Waals surface area contributed by atoms with Gasteiger partial charge in [0.15, 0.2) is 11.5 Å². The van der Waals surface area contributed by atoms with Crippen molar-refractivity contribution in [3.63, 3.8) is 0 Å². The highest BCUT2D eigenvalue weighted by atomic mass is 16.6. The largest absolute Gasteiger partial charge is 0.486 e. The Balaban J connectivity index is 1.61. The normalized spacial score (nSPS) is 12.7. The Bertz CT molecular complexity index is 1170. The molecule has 0 fully saturated rings. The van der Waals surface area contributed by atoms with Crippen LogP contribution < -0.4 is 14.8 Å². The molecule has 8 heteroatoms. The zero-order valence-corrected chi connectivity index (χ0v) is 14.7. The molecule has 5 rings (SSSR count). The molecule has 0 unspecified atom stereocenters. The van der Waals surface area contributed by atoms with E-state index in [4.69, 9.17) is 14.5 Å². The molecule has 0 bridgehead atoms. The molecule has 1 amide bonds. The summed E-state index contributed by atoms with van der Waals surface area (Å²) in [6.45, 7) is 1.04. The number of para-hydroxylation sites is 1. The number of hydrogen-bond acceptors (Lipinski definition) is 6. The number of ether oxygens (including phenoxy) is 2. The number of H-pyrrole nitrogens is 1. The van der Waals surface area contributed by atoms with Crippen LogP contribution in [0.2, 0.25) is 0 Å². The number of anilines is 1. The Morgan fingerprint density at radius 2 is 1.89 bits per heavy atom. The number of carbonyl (C=O) groups excluding carboxylic acids is 1. The van der Waals surface area contributed by atoms with Crippen LogP contribution in [-0.4, -0.2) is 39.3 Å². The van der Waals surface area contributed by atoms with Gasteiger partial charge in [-0.3, -0.25) is 10.1 Å². The topological polar surface area (TPSA) is 102 Å². The third-order valence-electron chi connectivity index (χ3n) is 4.45. The number of rotatable bonds is 3. The van der Waals surface area contributed by atoms with Gasteiger partial charge in [0.25, 0.3) is 5.91 Å². The molecule has 0 atom stereocenters. The van der Waals surface area contributed by atoms with Crippen LogP contribution in [0.25, 0.3) is 22.2 Å². The van der Waals surface area contributed by atoms with Crippen molar-refractivity contribution >= 4 is 22.8 Å². The molecular formula is C20H15N5O3. The van der Waals surface area contributed by atoms with Gasteiger partial charge in [-0.1, -0.05) is 18.2 Å². The van der Waals surface area contributed by atoms with Crippen LogP contribution >= 0.6 is 0 Å². The van der Waals surface area contributed by atoms with Crippen molar-refractivity contribution in [2.75, 3.05) is 18.5 Å². The summed E-state index contributed by atoms with van der Waals surface area (Å²) in [6.07, 6.45) is 1.33. The average molecular weight is 373 g/mol. The Kier molecular flexibility index (Phi) is 3.86. The fraction of sp³-hybridized carbons (Fsp3) is 0.100. The molecule has 138 valence electrons. The van der Waals surface area contributed by atoms with E-state index in [1.54, 1.807) is 6.07 Å². The van der Waals surface area contributed by atoms with Gasteiger partial charge in [-0.05, 0) is 30.3 Å². The zero-order valence-electron chi connectivity index (χ0n) is 14.7. The first-order valence-corrected chi connectivity index (χ1v) is 8.74. The molecule has 1 aliphatic heterocycles. The van der Waals surface area contributed by atoms with Gasteiger partial charge in [-0.15, -0.1) is 0 Å². The number of carbonyl (C=O) groups is 1. The molecule has 0 saturated heterocycles. The summed E-state index contributed by atoms with van der Waals surface area (Å²) >= 11 is 0. The van der Waals surface area contributed by atoms with Crippen molar-refractivity contribution in [3.05, 3.63) is 60.4 Å². The first-order valence-electron chi connectivity index (χ1n) is 8.74. The first kappa shape index (κ1) is 16.2. The van der Waals surface area contributed by atoms with Crippen LogP contribution in [0.15, 0.2) is 54.9 Å². The fourth-order valence-electron chi connectivity index (χ4n) is 3.15. The van der Waals surface area contributed by atoms with Crippen LogP contribution in [0.3, 0.4) is 0 Å². The molecule has 2 aromatic heterocycles. The Hall–Kier alpha value is -3.94. The van der Waals surface area contributed by atoms with Crippen molar-refractivity contribution in [1.29, 1.82) is 0 Å². The first-order chi connectivity index (χ1) is 13.8. The minimum Gasteiger partial charge on any atom is -0.486 e. The van der Waals surface area contributed by atoms with Gasteiger partial charge in [-0.25, -0.2) is 10.1 Å². The van der Waals surface area contributed by atoms with Gasteiger partial charge in [-0.2, -0.15) is 10.1 Å². The number of aromatic nitrogens is 4. The molecule has 0 radical (unpaired) electrons. The highest BCUT2D eigenvalue weighted by molar-refractivity contribution is 6.12. The summed E-state index contributed by atoms with van der Waals surface area (Å²) < 4.78 is 11.2. The summed E-state index contributed by atoms with van der Waals surface area (Å²) in [7, 11) is 0. The van der Waals surface area contributed by atoms with E-state index in [0.717, 1.165) is 16.5 Å². The van der Waals surface area contributed by atoms with Crippen LogP contribution in [0, 0.1) is 0 Å². The molecule has 3 heterocycles. The van der Waals surface area contributed by atoms with Gasteiger partial charge in [0, 0.05) is 10.9 Å². The van der Waals surface area contributed by atoms with Crippen LogP contribution in [0.5, 0.6) is 11.5 Å². The molecule has 0 saturated carbocycles. The van der Waals surface area contributed by atoms with E-state index in [9.17, 15) is 4.79 Å². The molecule has 0 spiro atoms. The lowest BCUT2D eigenvalue weighted by Crippen LogP contribution is -2.15. The number of amides is 1. The van der Waals surface area contributed by atoms with Gasteiger partial charge >= 0.3 is 0 Å². The predicted octanol–water partition coefficient (Wildman–Crippen LogP) is 3.04. The Morgan fingerprint density at radius 3 is 2.75 bits per heavy atom. The maximum Gasteiger partial charge on any atom is 0.258 e. The van der Waals surface area contributed by atoms with Crippen molar-refractivity contribution in [2.45, 2.75) is 0 Å². The van der Waals surface area contributed by atoms with Gasteiger partial charge in [0.2, 0.25) is 5.95 Å². The van der Waals surface area contributed by atoms with E-state index in [1.807, 2.05) is 42.5 Å². The van der Waals surface area contributed by atoms with E-state index in [-0.39, 0.29) is 11.9 Å². The summed E-state index contributed by atoms with van der Waals surface area (Å²) in [4.78, 5) is 21.5. The van der Waals surface area contributed by atoms with Crippen LogP contribution in [-0.2, 0) is 0 Å². The second kappa shape index (κ2) is 6.66. The van der Waals surface area contributed by atoms with Gasteiger partial charge < -0.3 is 9.47 Å². The predicted molar refractivity (Wildman–Crippen MR) is 103 cm³/mol. The van der Waals surface area contributed by atoms with Crippen molar-refractivity contribution in [1.82, 2.24) is 20.2 Å². The molecule has 8 nitrogen and oxygen atoms in total. The second-order valence-corrected chi connectivity index (χ2v) is 6.22. The van der Waals surface area contributed by atoms with Crippen LogP contribution in [0.1, 0.15) is 10.4 Å². The molecule has 4 aromatic rings.